The van der Waals surface area contributed by atoms with E-state index in [2.05, 4.69) is 0 Å². The first-order chi connectivity index (χ1) is 6.34. The summed E-state index contributed by atoms with van der Waals surface area (Å²) in [5.74, 6) is -2.99. The van der Waals surface area contributed by atoms with Gasteiger partial charge in [0.25, 0.3) is 0 Å². The summed E-state index contributed by atoms with van der Waals surface area (Å²) in [4.78, 5) is 10.3. The average Bonchev–Trinajstić information content (AvgIpc) is 2.48. The summed E-state index contributed by atoms with van der Waals surface area (Å²) in [6, 6.07) is 0. The van der Waals surface area contributed by atoms with Crippen LogP contribution in [0.3, 0.4) is 0 Å². The molecule has 1 saturated carbocycles. The maximum Gasteiger partial charge on any atom is 0.364 e. The van der Waals surface area contributed by atoms with Crippen molar-refractivity contribution in [2.45, 2.75) is 24.5 Å². The molecule has 1 aliphatic carbocycles. The number of hydrogen-bond donors (Lipinski definition) is 1. The lowest BCUT2D eigenvalue weighted by atomic mass is 10.2. The minimum Gasteiger partial charge on any atom is -0.476 e. The van der Waals surface area contributed by atoms with Gasteiger partial charge in [-0.1, -0.05) is 0 Å². The van der Waals surface area contributed by atoms with E-state index in [-0.39, 0.29) is 12.0 Å². The summed E-state index contributed by atoms with van der Waals surface area (Å²) in [5.41, 5.74) is -0.0833. The highest BCUT2D eigenvalue weighted by Crippen LogP contribution is 2.32. The third-order valence-electron chi connectivity index (χ3n) is 2.29. The lowest BCUT2D eigenvalue weighted by Crippen LogP contribution is -2.19. The van der Waals surface area contributed by atoms with Crippen LogP contribution in [0.15, 0.2) is 11.4 Å². The zero-order chi connectivity index (χ0) is 10.9. The Bertz CT molecular complexity index is 382. The Labute approximate surface area is 81.3 Å². The van der Waals surface area contributed by atoms with E-state index in [0.717, 1.165) is 6.26 Å². The average molecular weight is 222 g/mol. The summed E-state index contributed by atoms with van der Waals surface area (Å²) >= 11 is 0. The Morgan fingerprint density at radius 3 is 2.57 bits per heavy atom. The van der Waals surface area contributed by atoms with Crippen molar-refractivity contribution in [3.63, 3.8) is 0 Å². The molecular formula is C8H11FO4S. The fourth-order valence-corrected chi connectivity index (χ4v) is 3.01. The van der Waals surface area contributed by atoms with Gasteiger partial charge in [0.15, 0.2) is 9.84 Å². The number of halogens is 1. The molecule has 0 saturated heterocycles. The minimum absolute atomic E-state index is 0.0833. The number of carboxylic acid groups (broad SMARTS) is 1. The van der Waals surface area contributed by atoms with E-state index in [1.165, 1.54) is 0 Å². The van der Waals surface area contributed by atoms with Crippen molar-refractivity contribution in [1.29, 1.82) is 0 Å². The minimum atomic E-state index is -3.39. The van der Waals surface area contributed by atoms with Crippen molar-refractivity contribution in [1.82, 2.24) is 0 Å². The van der Waals surface area contributed by atoms with Crippen molar-refractivity contribution in [2.24, 2.45) is 0 Å². The molecule has 1 unspecified atom stereocenters. The highest BCUT2D eigenvalue weighted by atomic mass is 32.2. The van der Waals surface area contributed by atoms with Crippen LogP contribution in [0.5, 0.6) is 0 Å². The van der Waals surface area contributed by atoms with E-state index in [4.69, 9.17) is 5.11 Å². The van der Waals surface area contributed by atoms with Crippen molar-refractivity contribution in [3.8, 4) is 0 Å². The number of carboxylic acids is 1. The van der Waals surface area contributed by atoms with Gasteiger partial charge in [0.05, 0.1) is 5.25 Å². The van der Waals surface area contributed by atoms with E-state index in [1.54, 1.807) is 0 Å². The van der Waals surface area contributed by atoms with E-state index in [9.17, 15) is 17.6 Å². The first-order valence-corrected chi connectivity index (χ1v) is 6.10. The highest BCUT2D eigenvalue weighted by molar-refractivity contribution is 7.91. The van der Waals surface area contributed by atoms with Gasteiger partial charge >= 0.3 is 5.97 Å². The molecule has 0 amide bonds. The standard InChI is InChI=1S/C8H11FO4S/c1-14(12,13)6-4-2-3-5(6)7(9)8(10)11/h6H,2-4H2,1H3,(H,10,11). The van der Waals surface area contributed by atoms with Gasteiger partial charge in [-0.25, -0.2) is 13.2 Å². The van der Waals surface area contributed by atoms with Crippen LogP contribution in [0.1, 0.15) is 19.3 Å². The van der Waals surface area contributed by atoms with Crippen LogP contribution >= 0.6 is 0 Å². The van der Waals surface area contributed by atoms with Crippen molar-refractivity contribution < 1.29 is 22.7 Å². The third-order valence-corrected chi connectivity index (χ3v) is 3.84. The maximum atomic E-state index is 13.0. The van der Waals surface area contributed by atoms with Gasteiger partial charge in [-0.05, 0) is 24.8 Å². The summed E-state index contributed by atoms with van der Waals surface area (Å²) in [5, 5.41) is 7.45. The second kappa shape index (κ2) is 3.68. The van der Waals surface area contributed by atoms with Gasteiger partial charge in [-0.15, -0.1) is 0 Å². The molecule has 80 valence electrons. The first kappa shape index (κ1) is 11.2. The fraction of sp³-hybridized carbons (Fsp3) is 0.625. The van der Waals surface area contributed by atoms with Gasteiger partial charge < -0.3 is 5.11 Å². The molecule has 0 heterocycles. The summed E-state index contributed by atoms with van der Waals surface area (Å²) in [7, 11) is -3.39. The molecule has 0 bridgehead atoms. The van der Waals surface area contributed by atoms with Gasteiger partial charge in [0.1, 0.15) is 0 Å². The van der Waals surface area contributed by atoms with Crippen molar-refractivity contribution >= 4 is 15.8 Å². The quantitative estimate of drug-likeness (QED) is 0.704. The predicted octanol–water partition coefficient (Wildman–Crippen LogP) is 0.892. The molecule has 6 heteroatoms. The molecule has 0 radical (unpaired) electrons. The zero-order valence-electron chi connectivity index (χ0n) is 7.66. The molecular weight excluding hydrogens is 211 g/mol. The molecule has 0 aromatic carbocycles. The lowest BCUT2D eigenvalue weighted by Gasteiger charge is -2.09. The largest absolute Gasteiger partial charge is 0.476 e. The second-order valence-electron chi connectivity index (χ2n) is 3.35. The normalized spacial score (nSPS) is 26.3. The van der Waals surface area contributed by atoms with Crippen LogP contribution in [0.25, 0.3) is 0 Å². The Morgan fingerprint density at radius 1 is 1.57 bits per heavy atom. The smallest absolute Gasteiger partial charge is 0.364 e. The number of sulfone groups is 1. The van der Waals surface area contributed by atoms with Crippen LogP contribution in [0.4, 0.5) is 4.39 Å². The van der Waals surface area contributed by atoms with Gasteiger partial charge in [0.2, 0.25) is 5.83 Å². The Morgan fingerprint density at radius 2 is 2.14 bits per heavy atom. The molecule has 1 aliphatic rings. The number of rotatable bonds is 2. The molecule has 1 rings (SSSR count). The summed E-state index contributed by atoms with van der Waals surface area (Å²) < 4.78 is 35.4. The molecule has 1 N–H and O–H groups in total. The lowest BCUT2D eigenvalue weighted by molar-refractivity contribution is -0.134. The van der Waals surface area contributed by atoms with Crippen LogP contribution in [0.2, 0.25) is 0 Å². The van der Waals surface area contributed by atoms with E-state index in [0.29, 0.717) is 12.8 Å². The summed E-state index contributed by atoms with van der Waals surface area (Å²) in [6.45, 7) is 0. The molecule has 0 aromatic heterocycles. The van der Waals surface area contributed by atoms with Crippen LogP contribution in [0, 0.1) is 0 Å². The molecule has 1 atom stereocenters. The van der Waals surface area contributed by atoms with E-state index < -0.39 is 26.9 Å². The number of carbonyl (C=O) groups is 1. The van der Waals surface area contributed by atoms with Crippen LogP contribution in [-0.2, 0) is 14.6 Å². The van der Waals surface area contributed by atoms with E-state index in [1.807, 2.05) is 0 Å². The maximum absolute atomic E-state index is 13.0. The molecule has 0 spiro atoms. The second-order valence-corrected chi connectivity index (χ2v) is 5.58. The monoisotopic (exact) mass is 222 g/mol. The van der Waals surface area contributed by atoms with E-state index >= 15 is 0 Å². The zero-order valence-corrected chi connectivity index (χ0v) is 8.47. The molecule has 14 heavy (non-hydrogen) atoms. The predicted molar refractivity (Wildman–Crippen MR) is 48.3 cm³/mol. The van der Waals surface area contributed by atoms with Crippen LogP contribution < -0.4 is 0 Å². The van der Waals surface area contributed by atoms with Gasteiger partial charge in [0, 0.05) is 6.26 Å². The SMILES string of the molecule is CS(=O)(=O)C1CCCC1=C(F)C(=O)O. The number of hydrogen-bond acceptors (Lipinski definition) is 3. The first-order valence-electron chi connectivity index (χ1n) is 4.14. The Kier molecular flexibility index (Phi) is 2.94. The Balaban J connectivity index is 3.13. The van der Waals surface area contributed by atoms with Crippen molar-refractivity contribution in [3.05, 3.63) is 11.4 Å². The van der Waals surface area contributed by atoms with Crippen LogP contribution in [-0.4, -0.2) is 31.0 Å². The number of aliphatic carboxylic acids is 1. The summed E-state index contributed by atoms with van der Waals surface area (Å²) in [6.07, 6.45) is 2.05. The van der Waals surface area contributed by atoms with Gasteiger partial charge in [-0.2, -0.15) is 4.39 Å². The van der Waals surface area contributed by atoms with Crippen molar-refractivity contribution in [2.75, 3.05) is 6.26 Å². The molecule has 1 fully saturated rings. The molecule has 4 nitrogen and oxygen atoms in total. The Hall–Kier alpha value is -0.910. The van der Waals surface area contributed by atoms with Gasteiger partial charge in [-0.3, -0.25) is 0 Å². The third kappa shape index (κ3) is 2.12. The topological polar surface area (TPSA) is 71.4 Å². The molecule has 0 aromatic rings. The molecule has 0 aliphatic heterocycles. The fourth-order valence-electron chi connectivity index (χ4n) is 1.67. The highest BCUT2D eigenvalue weighted by Gasteiger charge is 2.34.